The van der Waals surface area contributed by atoms with Gasteiger partial charge in [-0.05, 0) is 49.4 Å². The molecule has 1 aliphatic heterocycles. The Morgan fingerprint density at radius 3 is 2.33 bits per heavy atom. The van der Waals surface area contributed by atoms with Gasteiger partial charge >= 0.3 is 0 Å². The fourth-order valence-electron chi connectivity index (χ4n) is 2.29. The van der Waals surface area contributed by atoms with Crippen LogP contribution in [-0.4, -0.2) is 20.3 Å². The Bertz CT molecular complexity index is 485. The van der Waals surface area contributed by atoms with Crippen molar-refractivity contribution < 1.29 is 8.42 Å². The highest BCUT2D eigenvalue weighted by atomic mass is 32.2. The summed E-state index contributed by atoms with van der Waals surface area (Å²) in [5.74, 6) is 0.426. The molecule has 3 nitrogen and oxygen atoms in total. The number of sulfone groups is 1. The van der Waals surface area contributed by atoms with Crippen molar-refractivity contribution in [2.24, 2.45) is 0 Å². The van der Waals surface area contributed by atoms with Gasteiger partial charge in [-0.3, -0.25) is 0 Å². The van der Waals surface area contributed by atoms with Crippen LogP contribution in [0.2, 0.25) is 0 Å². The zero-order valence-corrected chi connectivity index (χ0v) is 11.8. The summed E-state index contributed by atoms with van der Waals surface area (Å²) in [5.41, 5.74) is 1.17. The van der Waals surface area contributed by atoms with Crippen LogP contribution in [0.5, 0.6) is 0 Å². The van der Waals surface area contributed by atoms with Crippen molar-refractivity contribution in [2.75, 3.05) is 6.54 Å². The van der Waals surface area contributed by atoms with Gasteiger partial charge in [-0.15, -0.1) is 0 Å². The van der Waals surface area contributed by atoms with Crippen molar-refractivity contribution in [1.29, 1.82) is 0 Å². The van der Waals surface area contributed by atoms with Crippen LogP contribution in [-0.2, 0) is 9.84 Å². The zero-order chi connectivity index (χ0) is 13.2. The molecule has 0 aliphatic carbocycles. The first-order valence-corrected chi connectivity index (χ1v) is 8.13. The topological polar surface area (TPSA) is 46.2 Å². The molecule has 1 heterocycles. The smallest absolute Gasteiger partial charge is 0.194 e. The molecule has 1 aromatic rings. The minimum absolute atomic E-state index is 0.406. The fraction of sp³-hybridized carbons (Fsp3) is 0.571. The lowest BCUT2D eigenvalue weighted by Crippen LogP contribution is -2.40. The molecule has 1 aliphatic rings. The van der Waals surface area contributed by atoms with Crippen LogP contribution in [0.15, 0.2) is 29.2 Å². The summed E-state index contributed by atoms with van der Waals surface area (Å²) in [4.78, 5) is 0.436. The van der Waals surface area contributed by atoms with Crippen LogP contribution in [0, 0.1) is 0 Å². The third-order valence-corrected chi connectivity index (χ3v) is 5.60. The summed E-state index contributed by atoms with van der Waals surface area (Å²) in [5, 5.41) is 2.70. The monoisotopic (exact) mass is 267 g/mol. The van der Waals surface area contributed by atoms with Crippen LogP contribution < -0.4 is 5.32 Å². The molecule has 0 amide bonds. The molecule has 2 rings (SSSR count). The molecule has 1 atom stereocenters. The molecule has 1 N–H and O–H groups in total. The van der Waals surface area contributed by atoms with Gasteiger partial charge < -0.3 is 5.32 Å². The van der Waals surface area contributed by atoms with E-state index >= 15 is 0 Å². The van der Waals surface area contributed by atoms with Gasteiger partial charge in [0.25, 0.3) is 0 Å². The lowest BCUT2D eigenvalue weighted by molar-refractivity contribution is 0.461. The van der Waals surface area contributed by atoms with Gasteiger partial charge in [0.05, 0.1) is 4.90 Å². The first-order valence-electron chi connectivity index (χ1n) is 6.59. The third kappa shape index (κ3) is 2.75. The van der Waals surface area contributed by atoms with E-state index in [1.807, 2.05) is 12.1 Å². The van der Waals surface area contributed by atoms with Crippen LogP contribution in [0.1, 0.15) is 44.6 Å². The van der Waals surface area contributed by atoms with Crippen LogP contribution in [0.4, 0.5) is 0 Å². The van der Waals surface area contributed by atoms with E-state index in [0.717, 1.165) is 19.4 Å². The largest absolute Gasteiger partial charge is 0.301 e. The van der Waals surface area contributed by atoms with Crippen LogP contribution in [0.3, 0.4) is 0 Å². The van der Waals surface area contributed by atoms with Crippen molar-refractivity contribution in [3.05, 3.63) is 29.8 Å². The molecule has 1 unspecified atom stereocenters. The first-order chi connectivity index (χ1) is 8.51. The Balaban J connectivity index is 2.23. The van der Waals surface area contributed by atoms with Crippen molar-refractivity contribution in [2.45, 2.75) is 49.3 Å². The predicted octanol–water partition coefficient (Wildman–Crippen LogP) is 2.68. The molecule has 0 aromatic heterocycles. The number of benzene rings is 1. The summed E-state index contributed by atoms with van der Waals surface area (Å²) in [6.07, 6.45) is 2.77. The summed E-state index contributed by atoms with van der Waals surface area (Å²) in [7, 11) is -3.22. The normalized spacial score (nSPS) is 21.2. The average molecular weight is 267 g/mol. The fourth-order valence-corrected chi connectivity index (χ4v) is 3.95. The molecule has 1 saturated heterocycles. The molecular formula is C14H21NO2S. The Kier molecular flexibility index (Phi) is 4.07. The lowest BCUT2D eigenvalue weighted by Gasteiger charge is -2.23. The Morgan fingerprint density at radius 2 is 1.83 bits per heavy atom. The summed E-state index contributed by atoms with van der Waals surface area (Å²) in [6.45, 7) is 5.01. The first kappa shape index (κ1) is 13.6. The highest BCUT2D eigenvalue weighted by molar-refractivity contribution is 7.92. The maximum Gasteiger partial charge on any atom is 0.194 e. The van der Waals surface area contributed by atoms with Gasteiger partial charge in [0.2, 0.25) is 0 Å². The Morgan fingerprint density at radius 1 is 1.17 bits per heavy atom. The van der Waals surface area contributed by atoms with Crippen molar-refractivity contribution >= 4 is 9.84 Å². The van der Waals surface area contributed by atoms with E-state index in [1.165, 1.54) is 5.56 Å². The molecule has 0 radical (unpaired) electrons. The number of nitrogens with one attached hydrogen (secondary N) is 1. The summed E-state index contributed by atoms with van der Waals surface area (Å²) >= 11 is 0. The molecular weight excluding hydrogens is 246 g/mol. The van der Waals surface area contributed by atoms with E-state index in [-0.39, 0.29) is 0 Å². The Labute approximate surface area is 110 Å². The summed E-state index contributed by atoms with van der Waals surface area (Å²) in [6, 6.07) is 7.31. The molecule has 4 heteroatoms. The van der Waals surface area contributed by atoms with E-state index in [1.54, 1.807) is 12.1 Å². The van der Waals surface area contributed by atoms with Gasteiger partial charge in [-0.1, -0.05) is 26.0 Å². The minimum atomic E-state index is -3.22. The van der Waals surface area contributed by atoms with E-state index in [0.29, 0.717) is 17.2 Å². The molecule has 0 bridgehead atoms. The van der Waals surface area contributed by atoms with E-state index in [2.05, 4.69) is 19.2 Å². The van der Waals surface area contributed by atoms with E-state index in [9.17, 15) is 8.42 Å². The van der Waals surface area contributed by atoms with E-state index < -0.39 is 15.2 Å². The molecule has 0 spiro atoms. The second-order valence-electron chi connectivity index (χ2n) is 5.21. The number of piperidine rings is 1. The van der Waals surface area contributed by atoms with Crippen LogP contribution >= 0.6 is 0 Å². The van der Waals surface area contributed by atoms with Gasteiger partial charge in [0.15, 0.2) is 9.84 Å². The highest BCUT2D eigenvalue weighted by Gasteiger charge is 2.28. The number of rotatable bonds is 3. The van der Waals surface area contributed by atoms with Crippen molar-refractivity contribution in [1.82, 2.24) is 5.32 Å². The van der Waals surface area contributed by atoms with Gasteiger partial charge in [0.1, 0.15) is 5.37 Å². The molecule has 18 heavy (non-hydrogen) atoms. The number of hydrogen-bond donors (Lipinski definition) is 1. The Hall–Kier alpha value is -0.870. The van der Waals surface area contributed by atoms with Crippen molar-refractivity contribution in [3.63, 3.8) is 0 Å². The van der Waals surface area contributed by atoms with Gasteiger partial charge in [-0.25, -0.2) is 8.42 Å². The second-order valence-corrected chi connectivity index (χ2v) is 7.34. The van der Waals surface area contributed by atoms with Crippen LogP contribution in [0.25, 0.3) is 0 Å². The SMILES string of the molecule is CC(C)c1ccc(S(=O)(=O)C2CCCCN2)cc1. The summed E-state index contributed by atoms with van der Waals surface area (Å²) < 4.78 is 24.8. The maximum absolute atomic E-state index is 12.4. The molecule has 100 valence electrons. The second kappa shape index (κ2) is 5.41. The van der Waals surface area contributed by atoms with E-state index in [4.69, 9.17) is 0 Å². The minimum Gasteiger partial charge on any atom is -0.301 e. The quantitative estimate of drug-likeness (QED) is 0.916. The molecule has 1 fully saturated rings. The van der Waals surface area contributed by atoms with Crippen molar-refractivity contribution in [3.8, 4) is 0 Å². The molecule has 1 aromatic carbocycles. The maximum atomic E-state index is 12.4. The third-order valence-electron chi connectivity index (χ3n) is 3.51. The lowest BCUT2D eigenvalue weighted by atomic mass is 10.0. The van der Waals surface area contributed by atoms with Gasteiger partial charge in [0, 0.05) is 0 Å². The zero-order valence-electron chi connectivity index (χ0n) is 11.0. The average Bonchev–Trinajstić information content (AvgIpc) is 2.40. The standard InChI is InChI=1S/C14H21NO2S/c1-11(2)12-6-8-13(9-7-12)18(16,17)14-5-3-4-10-15-14/h6-9,11,14-15H,3-5,10H2,1-2H3. The predicted molar refractivity (Wildman–Crippen MR) is 73.4 cm³/mol. The van der Waals surface area contributed by atoms with Gasteiger partial charge in [-0.2, -0.15) is 0 Å². The number of hydrogen-bond acceptors (Lipinski definition) is 3. The molecule has 0 saturated carbocycles. The highest BCUT2D eigenvalue weighted by Crippen LogP contribution is 2.23.